The topological polar surface area (TPSA) is 143 Å². The number of phenols is 1. The van der Waals surface area contributed by atoms with E-state index < -0.39 is 23.7 Å². The van der Waals surface area contributed by atoms with Crippen molar-refractivity contribution in [3.05, 3.63) is 89.0 Å². The molecule has 1 saturated heterocycles. The Morgan fingerprint density at radius 1 is 1.02 bits per heavy atom. The third-order valence-corrected chi connectivity index (χ3v) is 7.16. The molecule has 0 bridgehead atoms. The quantitative estimate of drug-likeness (QED) is 0.164. The lowest BCUT2D eigenvalue weighted by Gasteiger charge is -2.33. The SMILES string of the molecule is O=C(O)c1cc(OC[C@H](O)CNCCc2ccc(NC3CCN(C(=O)NCc4cc(F)ccc4F)CC3)cc2)ccc1O. The van der Waals surface area contributed by atoms with E-state index in [0.29, 0.717) is 26.2 Å². The minimum atomic E-state index is -1.27. The van der Waals surface area contributed by atoms with Crippen molar-refractivity contribution in [2.75, 3.05) is 38.1 Å². The molecular formula is C31H36F2N4O6. The van der Waals surface area contributed by atoms with E-state index in [1.165, 1.54) is 18.2 Å². The van der Waals surface area contributed by atoms with Gasteiger partial charge in [-0.15, -0.1) is 0 Å². The lowest BCUT2D eigenvalue weighted by Crippen LogP contribution is -2.46. The van der Waals surface area contributed by atoms with Crippen LogP contribution in [0.3, 0.4) is 0 Å². The molecule has 10 nitrogen and oxygen atoms in total. The molecule has 3 aromatic carbocycles. The molecule has 0 spiro atoms. The number of hydrogen-bond acceptors (Lipinski definition) is 7. The fraction of sp³-hybridized carbons (Fsp3) is 0.355. The van der Waals surface area contributed by atoms with Crippen LogP contribution in [0.2, 0.25) is 0 Å². The second kappa shape index (κ2) is 15.2. The van der Waals surface area contributed by atoms with Crippen LogP contribution in [0.4, 0.5) is 19.3 Å². The van der Waals surface area contributed by atoms with Gasteiger partial charge >= 0.3 is 12.0 Å². The third-order valence-electron chi connectivity index (χ3n) is 7.16. The lowest BCUT2D eigenvalue weighted by molar-refractivity contribution is 0.0692. The number of amides is 2. The highest BCUT2D eigenvalue weighted by molar-refractivity contribution is 5.91. The standard InChI is InChI=1S/C31H36F2N4O6/c32-22-3-7-28(33)21(15-22)17-35-31(42)37-13-10-24(11-14-37)36-23-4-1-20(2-5-23)9-12-34-18-25(38)19-43-26-6-8-29(39)27(16-26)30(40)41/h1-8,15-16,24-25,34,36,38-39H,9-14,17-19H2,(H,35,42)(H,40,41)/t25-/m1/s1. The molecule has 1 fully saturated rings. The van der Waals surface area contributed by atoms with Crippen molar-refractivity contribution in [1.29, 1.82) is 0 Å². The van der Waals surface area contributed by atoms with Crippen molar-refractivity contribution in [3.63, 3.8) is 0 Å². The van der Waals surface area contributed by atoms with Gasteiger partial charge in [-0.25, -0.2) is 18.4 Å². The van der Waals surface area contributed by atoms with E-state index >= 15 is 0 Å². The number of anilines is 1. The number of halogens is 2. The number of carboxylic acids is 1. The molecule has 1 heterocycles. The Bertz CT molecular complexity index is 1380. The third kappa shape index (κ3) is 9.55. The van der Waals surface area contributed by atoms with Crippen LogP contribution in [-0.4, -0.2) is 77.2 Å². The number of urea groups is 1. The van der Waals surface area contributed by atoms with Crippen molar-refractivity contribution in [2.45, 2.75) is 38.0 Å². The number of aromatic carboxylic acids is 1. The van der Waals surface area contributed by atoms with Crippen molar-refractivity contribution in [1.82, 2.24) is 15.5 Å². The average molecular weight is 599 g/mol. The second-order valence-corrected chi connectivity index (χ2v) is 10.4. The first-order valence-corrected chi connectivity index (χ1v) is 14.1. The Kier molecular flexibility index (Phi) is 11.1. The van der Waals surface area contributed by atoms with Crippen molar-refractivity contribution < 1.29 is 38.4 Å². The first-order chi connectivity index (χ1) is 20.7. The number of carbonyl (C=O) groups excluding carboxylic acids is 1. The molecule has 2 amide bonds. The van der Waals surface area contributed by atoms with Gasteiger partial charge in [-0.1, -0.05) is 12.1 Å². The van der Waals surface area contributed by atoms with E-state index in [0.717, 1.165) is 48.7 Å². The van der Waals surface area contributed by atoms with E-state index in [1.54, 1.807) is 4.90 Å². The number of nitrogens with one attached hydrogen (secondary N) is 3. The zero-order valence-corrected chi connectivity index (χ0v) is 23.6. The van der Waals surface area contributed by atoms with Crippen LogP contribution in [0.5, 0.6) is 11.5 Å². The molecule has 1 aliphatic rings. The van der Waals surface area contributed by atoms with Crippen LogP contribution < -0.4 is 20.7 Å². The highest BCUT2D eigenvalue weighted by atomic mass is 19.1. The van der Waals surface area contributed by atoms with Crippen LogP contribution in [0.25, 0.3) is 0 Å². The molecule has 0 aliphatic carbocycles. The molecule has 1 aliphatic heterocycles. The molecule has 1 atom stereocenters. The first-order valence-electron chi connectivity index (χ1n) is 14.1. The largest absolute Gasteiger partial charge is 0.507 e. The summed E-state index contributed by atoms with van der Waals surface area (Å²) in [6.45, 7) is 1.92. The molecule has 12 heteroatoms. The monoisotopic (exact) mass is 598 g/mol. The number of nitrogens with zero attached hydrogens (tertiary/aromatic N) is 1. The predicted molar refractivity (Wildman–Crippen MR) is 156 cm³/mol. The van der Waals surface area contributed by atoms with E-state index in [9.17, 15) is 28.6 Å². The highest BCUT2D eigenvalue weighted by Crippen LogP contribution is 2.23. The molecule has 230 valence electrons. The van der Waals surface area contributed by atoms with Gasteiger partial charge in [-0.2, -0.15) is 0 Å². The molecule has 0 aromatic heterocycles. The summed E-state index contributed by atoms with van der Waals surface area (Å²) in [6, 6.07) is 15.0. The minimum Gasteiger partial charge on any atom is -0.507 e. The van der Waals surface area contributed by atoms with Gasteiger partial charge in [-0.3, -0.25) is 0 Å². The van der Waals surface area contributed by atoms with Crippen LogP contribution in [0.1, 0.15) is 34.3 Å². The zero-order valence-electron chi connectivity index (χ0n) is 23.6. The summed E-state index contributed by atoms with van der Waals surface area (Å²) < 4.78 is 32.6. The van der Waals surface area contributed by atoms with E-state index in [-0.39, 0.29) is 47.9 Å². The van der Waals surface area contributed by atoms with Crippen molar-refractivity contribution in [2.24, 2.45) is 0 Å². The van der Waals surface area contributed by atoms with Gasteiger partial charge in [0.25, 0.3) is 0 Å². The summed E-state index contributed by atoms with van der Waals surface area (Å²) in [5, 5.41) is 38.1. The van der Waals surface area contributed by atoms with Crippen LogP contribution in [0.15, 0.2) is 60.7 Å². The molecule has 3 aromatic rings. The number of piperidine rings is 1. The van der Waals surface area contributed by atoms with Gasteiger partial charge in [0.05, 0.1) is 0 Å². The molecule has 4 rings (SSSR count). The summed E-state index contributed by atoms with van der Waals surface area (Å²) >= 11 is 0. The van der Waals surface area contributed by atoms with E-state index in [1.807, 2.05) is 24.3 Å². The number of aromatic hydroxyl groups is 1. The number of ether oxygens (including phenoxy) is 1. The number of aliphatic hydroxyl groups is 1. The maximum Gasteiger partial charge on any atom is 0.339 e. The van der Waals surface area contributed by atoms with Crippen LogP contribution >= 0.6 is 0 Å². The Labute approximate surface area is 248 Å². The van der Waals surface area contributed by atoms with Gasteiger partial charge in [0.1, 0.15) is 41.4 Å². The number of rotatable bonds is 13. The molecule has 0 saturated carbocycles. The van der Waals surface area contributed by atoms with Crippen molar-refractivity contribution >= 4 is 17.7 Å². The summed E-state index contributed by atoms with van der Waals surface area (Å²) in [6.07, 6.45) is 1.46. The normalized spacial score (nSPS) is 14.3. The summed E-state index contributed by atoms with van der Waals surface area (Å²) in [5.74, 6) is -2.48. The first kappa shape index (κ1) is 31.5. The molecule has 6 N–H and O–H groups in total. The molecule has 0 radical (unpaired) electrons. The fourth-order valence-electron chi connectivity index (χ4n) is 4.72. The number of likely N-dealkylation sites (tertiary alicyclic amines) is 1. The van der Waals surface area contributed by atoms with E-state index in [2.05, 4.69) is 16.0 Å². The van der Waals surface area contributed by atoms with Gasteiger partial charge in [-0.05, 0) is 79.9 Å². The zero-order chi connectivity index (χ0) is 30.8. The van der Waals surface area contributed by atoms with Crippen molar-refractivity contribution in [3.8, 4) is 11.5 Å². The molecule has 43 heavy (non-hydrogen) atoms. The maximum atomic E-state index is 13.8. The van der Waals surface area contributed by atoms with Gasteiger partial charge in [0.15, 0.2) is 0 Å². The second-order valence-electron chi connectivity index (χ2n) is 10.4. The van der Waals surface area contributed by atoms with Gasteiger partial charge < -0.3 is 40.9 Å². The summed E-state index contributed by atoms with van der Waals surface area (Å²) in [7, 11) is 0. The summed E-state index contributed by atoms with van der Waals surface area (Å²) in [4.78, 5) is 25.3. The van der Waals surface area contributed by atoms with E-state index in [4.69, 9.17) is 9.84 Å². The highest BCUT2D eigenvalue weighted by Gasteiger charge is 2.23. The molecular weight excluding hydrogens is 562 g/mol. The number of carboxylic acid groups (broad SMARTS) is 1. The number of benzene rings is 3. The van der Waals surface area contributed by atoms with Crippen LogP contribution in [-0.2, 0) is 13.0 Å². The fourth-order valence-corrected chi connectivity index (χ4v) is 4.72. The Hall–Kier alpha value is -4.42. The summed E-state index contributed by atoms with van der Waals surface area (Å²) in [5.41, 5.74) is 1.94. The Balaban J connectivity index is 1.10. The van der Waals surface area contributed by atoms with Gasteiger partial charge in [0, 0.05) is 43.5 Å². The smallest absolute Gasteiger partial charge is 0.339 e. The minimum absolute atomic E-state index is 0.0320. The molecule has 0 unspecified atom stereocenters. The number of hydrogen-bond donors (Lipinski definition) is 6. The maximum absolute atomic E-state index is 13.8. The lowest BCUT2D eigenvalue weighted by atomic mass is 10.0. The number of carbonyl (C=O) groups is 2. The van der Waals surface area contributed by atoms with Crippen LogP contribution in [0, 0.1) is 11.6 Å². The number of aliphatic hydroxyl groups excluding tert-OH is 1. The van der Waals surface area contributed by atoms with Gasteiger partial charge in [0.2, 0.25) is 0 Å². The Morgan fingerprint density at radius 3 is 2.49 bits per heavy atom. The predicted octanol–water partition coefficient (Wildman–Crippen LogP) is 3.73. The average Bonchev–Trinajstić information content (AvgIpc) is 3.00. The Morgan fingerprint density at radius 2 is 1.77 bits per heavy atom.